The molecule has 105 heavy (non-hydrogen) atoms. The van der Waals surface area contributed by atoms with Gasteiger partial charge in [-0.1, -0.05) is 37.0 Å². The Bertz CT molecular complexity index is 4540. The SMILES string of the molecule is CC1(N)CC1.CC=O.CCN(Cc1ncc(-c2ccc(O)cc2)n1C)C1(C)CC1.CCN(Cc1ncc(-c2ccc(Oc3cc(Cl)cc(F)c3C=O)cc2)n1C)C1(C)CC1.Cn1c(-c2ccc(O)cc2)cnc1C=O.Cn1c(-c2ccc(O)cc2)cnc1CNC1(C)CC1.O=Cc1c(F)cc(Cl)cc1F. The van der Waals surface area contributed by atoms with E-state index in [4.69, 9.17) is 43.6 Å². The molecule has 25 heteroatoms. The van der Waals surface area contributed by atoms with E-state index in [1.807, 2.05) is 69.1 Å². The number of carbonyl (C=O) groups excluding carboxylic acids is 4. The lowest BCUT2D eigenvalue weighted by molar-refractivity contribution is -0.106. The van der Waals surface area contributed by atoms with Crippen molar-refractivity contribution in [2.45, 2.75) is 142 Å². The van der Waals surface area contributed by atoms with Gasteiger partial charge < -0.3 is 54.2 Å². The molecule has 4 aliphatic carbocycles. The van der Waals surface area contributed by atoms with E-state index in [1.165, 1.54) is 64.4 Å². The zero-order valence-corrected chi connectivity index (χ0v) is 62.7. The number of aldehydes is 4. The van der Waals surface area contributed by atoms with Crippen molar-refractivity contribution in [1.82, 2.24) is 53.3 Å². The number of nitrogens with zero attached hydrogens (tertiary/aromatic N) is 10. The fourth-order valence-corrected chi connectivity index (χ4v) is 11.5. The molecule has 0 amide bonds. The highest BCUT2D eigenvalue weighted by molar-refractivity contribution is 6.31. The molecule has 556 valence electrons. The van der Waals surface area contributed by atoms with Gasteiger partial charge in [-0.15, -0.1) is 0 Å². The Labute approximate surface area is 621 Å². The van der Waals surface area contributed by atoms with Gasteiger partial charge in [0, 0.05) is 88.7 Å². The number of hydrogen-bond donors (Lipinski definition) is 5. The van der Waals surface area contributed by atoms with Crippen molar-refractivity contribution in [2.24, 2.45) is 33.9 Å². The average molecular weight is 1480 g/mol. The second-order valence-electron chi connectivity index (χ2n) is 27.4. The Morgan fingerprint density at radius 1 is 0.505 bits per heavy atom. The average Bonchev–Trinajstić information content (AvgIpc) is 1.64. The summed E-state index contributed by atoms with van der Waals surface area (Å²) < 4.78 is 52.8. The summed E-state index contributed by atoms with van der Waals surface area (Å²) >= 11 is 11.2. The summed E-state index contributed by atoms with van der Waals surface area (Å²) in [6.45, 7) is 19.4. The smallest absolute Gasteiger partial charge is 0.185 e. The van der Waals surface area contributed by atoms with Gasteiger partial charge in [0.2, 0.25) is 0 Å². The van der Waals surface area contributed by atoms with Crippen LogP contribution >= 0.6 is 23.2 Å². The minimum Gasteiger partial charge on any atom is -0.508 e. The zero-order valence-electron chi connectivity index (χ0n) is 61.2. The van der Waals surface area contributed by atoms with Crippen LogP contribution in [-0.4, -0.2) is 124 Å². The molecule has 6 N–H and O–H groups in total. The number of halogens is 5. The zero-order chi connectivity index (χ0) is 76.6. The summed E-state index contributed by atoms with van der Waals surface area (Å²) in [6.07, 6.45) is 19.3. The number of nitrogens with one attached hydrogen (secondary N) is 1. The maximum Gasteiger partial charge on any atom is 0.185 e. The minimum atomic E-state index is -0.940. The van der Waals surface area contributed by atoms with E-state index in [0.29, 0.717) is 46.5 Å². The molecular weight excluding hydrogens is 1380 g/mol. The maximum atomic E-state index is 13.9. The third kappa shape index (κ3) is 22.2. The van der Waals surface area contributed by atoms with E-state index in [1.54, 1.807) is 78.5 Å². The first-order valence-corrected chi connectivity index (χ1v) is 35.3. The van der Waals surface area contributed by atoms with E-state index in [0.717, 1.165) is 120 Å². The van der Waals surface area contributed by atoms with Crippen LogP contribution in [0.25, 0.3) is 45.0 Å². The Morgan fingerprint density at radius 3 is 1.17 bits per heavy atom. The van der Waals surface area contributed by atoms with Gasteiger partial charge in [-0.3, -0.25) is 24.2 Å². The van der Waals surface area contributed by atoms with Crippen molar-refractivity contribution in [2.75, 3.05) is 13.1 Å². The lowest BCUT2D eigenvalue weighted by Crippen LogP contribution is -2.35. The van der Waals surface area contributed by atoms with Gasteiger partial charge >= 0.3 is 0 Å². The molecule has 4 aliphatic rings. The van der Waals surface area contributed by atoms with Crippen molar-refractivity contribution >= 4 is 48.3 Å². The van der Waals surface area contributed by atoms with Crippen LogP contribution in [0.3, 0.4) is 0 Å². The van der Waals surface area contributed by atoms with E-state index in [9.17, 15) is 37.8 Å². The molecule has 0 bridgehead atoms. The van der Waals surface area contributed by atoms with Crippen molar-refractivity contribution in [3.05, 3.63) is 208 Å². The number of imidazole rings is 4. The van der Waals surface area contributed by atoms with Gasteiger partial charge in [0.15, 0.2) is 24.7 Å². The highest BCUT2D eigenvalue weighted by Crippen LogP contribution is 2.43. The lowest BCUT2D eigenvalue weighted by Gasteiger charge is -2.27. The standard InChI is InChI=1S/C24H25ClFN3O2.C17H23N3O.C15H19N3O.C11H10N2O2.C7H3ClF2O.C4H9N.C2H4O/c1-4-29(24(2)9-10-24)14-23-27-13-21(28(23)3)16-5-7-18(8-6-16)31-22-12-17(25)11-20(26)19(22)15-30;1-4-20(17(2)9-10-17)12-16-18-11-15(19(16)3)13-5-7-14(21)8-6-13;1-15(7-8-15)17-10-14-16-9-13(18(14)2)11-3-5-12(19)6-4-11;1-13-10(6-12-11(13)7-14)8-2-4-9(15)5-3-8;8-4-1-6(9)5(3-11)7(10)2-4;1-4(5)2-3-4;1-2-3/h5-8,11-13,15H,4,9-10,14H2,1-3H3;5-8,11,21H,4,9-10,12H2,1-3H3;3-6,9,17,19H,7-8,10H2,1-2H3;2-7,15H,1H3;1-3H;2-3,5H2,1H3;2H,1H3. The van der Waals surface area contributed by atoms with E-state index < -0.39 is 23.0 Å². The van der Waals surface area contributed by atoms with E-state index in [-0.39, 0.29) is 44.7 Å². The molecule has 10 aromatic rings. The Hall–Kier alpha value is -9.75. The van der Waals surface area contributed by atoms with Gasteiger partial charge in [0.1, 0.15) is 70.0 Å². The number of phenols is 3. The molecule has 0 radical (unpaired) electrons. The number of ether oxygens (including phenoxy) is 1. The van der Waals surface area contributed by atoms with Gasteiger partial charge in [-0.25, -0.2) is 33.1 Å². The second-order valence-corrected chi connectivity index (χ2v) is 28.3. The minimum absolute atomic E-state index is 0.0643. The summed E-state index contributed by atoms with van der Waals surface area (Å²) in [5, 5.41) is 31.5. The van der Waals surface area contributed by atoms with Gasteiger partial charge in [-0.05, 0) is 214 Å². The first kappa shape index (κ1) is 80.9. The number of rotatable bonds is 20. The molecule has 0 spiro atoms. The van der Waals surface area contributed by atoms with Gasteiger partial charge in [0.05, 0.1) is 78.3 Å². The molecule has 0 saturated heterocycles. The maximum absolute atomic E-state index is 13.9. The largest absolute Gasteiger partial charge is 0.508 e. The summed E-state index contributed by atoms with van der Waals surface area (Å²) in [5.41, 5.74) is 14.0. The number of aromatic nitrogens is 8. The fourth-order valence-electron chi connectivity index (χ4n) is 11.1. The summed E-state index contributed by atoms with van der Waals surface area (Å²) in [5.74, 6) is 2.31. The quantitative estimate of drug-likeness (QED) is 0.0445. The molecule has 0 atom stereocenters. The Kier molecular flexibility index (Phi) is 27.6. The molecule has 20 nitrogen and oxygen atoms in total. The first-order valence-electron chi connectivity index (χ1n) is 34.6. The Balaban J connectivity index is 0.000000167. The van der Waals surface area contributed by atoms with Crippen LogP contribution in [0, 0.1) is 17.5 Å². The molecule has 4 aromatic heterocycles. The third-order valence-electron chi connectivity index (χ3n) is 19.2. The number of benzene rings is 6. The summed E-state index contributed by atoms with van der Waals surface area (Å²) in [6, 6.07) is 32.9. The molecule has 14 rings (SSSR count). The highest BCUT2D eigenvalue weighted by atomic mass is 35.5. The molecule has 0 aliphatic heterocycles. The number of phenolic OH excluding ortho intramolecular Hbond substituents is 3. The number of aromatic hydroxyl groups is 3. The molecule has 4 heterocycles. The molecule has 4 saturated carbocycles. The fraction of sp³-hybridized carbons (Fsp3) is 0.350. The lowest BCUT2D eigenvalue weighted by atomic mass is 10.1. The van der Waals surface area contributed by atoms with Crippen molar-refractivity contribution in [1.29, 1.82) is 0 Å². The third-order valence-corrected chi connectivity index (χ3v) is 19.6. The van der Waals surface area contributed by atoms with E-state index >= 15 is 0 Å². The van der Waals surface area contributed by atoms with Crippen LogP contribution in [0.15, 0.2) is 146 Å². The predicted molar refractivity (Wildman–Crippen MR) is 404 cm³/mol. The van der Waals surface area contributed by atoms with E-state index in [2.05, 4.69) is 97.3 Å². The number of nitrogens with two attached hydrogens (primary N) is 1. The van der Waals surface area contributed by atoms with Crippen LogP contribution in [-0.2, 0) is 52.6 Å². The monoisotopic (exact) mass is 1480 g/mol. The normalized spacial score (nSPS) is 14.6. The molecular formula is C80H93Cl2F3N12O8. The summed E-state index contributed by atoms with van der Waals surface area (Å²) in [4.78, 5) is 63.3. The van der Waals surface area contributed by atoms with Crippen LogP contribution in [0.5, 0.6) is 28.7 Å². The predicted octanol–water partition coefficient (Wildman–Crippen LogP) is 16.2. The van der Waals surface area contributed by atoms with Gasteiger partial charge in [0.25, 0.3) is 0 Å². The number of carbonyl (C=O) groups is 4. The van der Waals surface area contributed by atoms with Gasteiger partial charge in [-0.2, -0.15) is 0 Å². The molecule has 4 fully saturated rings. The first-order chi connectivity index (χ1) is 49.9. The van der Waals surface area contributed by atoms with Crippen LogP contribution < -0.4 is 15.8 Å². The van der Waals surface area contributed by atoms with Crippen molar-refractivity contribution in [3.8, 4) is 73.8 Å². The molecule has 6 aromatic carbocycles. The van der Waals surface area contributed by atoms with Crippen LogP contribution in [0.4, 0.5) is 13.2 Å². The highest BCUT2D eigenvalue weighted by Gasteiger charge is 2.44. The van der Waals surface area contributed by atoms with Crippen LogP contribution in [0.2, 0.25) is 10.0 Å². The second kappa shape index (κ2) is 35.8. The summed E-state index contributed by atoms with van der Waals surface area (Å²) in [7, 11) is 7.89. The topological polar surface area (TPSA) is 254 Å². The molecule has 0 unspecified atom stereocenters. The van der Waals surface area contributed by atoms with Crippen LogP contribution in [0.1, 0.15) is 149 Å². The number of hydrogen-bond acceptors (Lipinski definition) is 16. The van der Waals surface area contributed by atoms with Crippen molar-refractivity contribution < 1.29 is 52.4 Å². The van der Waals surface area contributed by atoms with Crippen molar-refractivity contribution in [3.63, 3.8) is 0 Å². The Morgan fingerprint density at radius 2 is 0.838 bits per heavy atom.